The first-order chi connectivity index (χ1) is 6.02. The third-order valence-corrected chi connectivity index (χ3v) is 2.34. The summed E-state index contributed by atoms with van der Waals surface area (Å²) in [6, 6.07) is 5.63. The van der Waals surface area contributed by atoms with E-state index in [9.17, 15) is 0 Å². The molecule has 0 spiro atoms. The lowest BCUT2D eigenvalue weighted by Gasteiger charge is -2.14. The Hall–Kier alpha value is -0.790. The van der Waals surface area contributed by atoms with Crippen LogP contribution < -0.4 is 5.73 Å². The lowest BCUT2D eigenvalue weighted by atomic mass is 9.98. The van der Waals surface area contributed by atoms with E-state index in [1.807, 2.05) is 32.0 Å². The van der Waals surface area contributed by atoms with Crippen molar-refractivity contribution in [3.63, 3.8) is 0 Å². The van der Waals surface area contributed by atoms with E-state index in [0.717, 1.165) is 21.7 Å². The minimum Gasteiger partial charge on any atom is -0.321 e. The predicted octanol–water partition coefficient (Wildman–Crippen LogP) is 3.22. The van der Waals surface area contributed by atoms with Crippen LogP contribution >= 0.6 is 11.6 Å². The molecule has 0 radical (unpaired) electrons. The Labute approximate surface area is 84.2 Å². The van der Waals surface area contributed by atoms with Gasteiger partial charge in [0.25, 0.3) is 0 Å². The molecule has 1 atom stereocenters. The normalized spacial score (nSPS) is 12.6. The zero-order chi connectivity index (χ0) is 10.0. The monoisotopic (exact) mass is 195 g/mol. The Morgan fingerprint density at radius 1 is 1.54 bits per heavy atom. The van der Waals surface area contributed by atoms with Gasteiger partial charge in [0, 0.05) is 5.02 Å². The van der Waals surface area contributed by atoms with Crippen molar-refractivity contribution in [3.05, 3.63) is 46.5 Å². The Morgan fingerprint density at radius 2 is 2.15 bits per heavy atom. The Bertz CT molecular complexity index is 331. The zero-order valence-corrected chi connectivity index (χ0v) is 8.73. The van der Waals surface area contributed by atoms with Gasteiger partial charge in [0.1, 0.15) is 0 Å². The summed E-state index contributed by atoms with van der Waals surface area (Å²) in [5, 5.41) is 0.720. The van der Waals surface area contributed by atoms with Crippen LogP contribution in [0.15, 0.2) is 30.4 Å². The molecule has 13 heavy (non-hydrogen) atoms. The number of benzene rings is 1. The summed E-state index contributed by atoms with van der Waals surface area (Å²) >= 11 is 5.88. The van der Waals surface area contributed by atoms with Gasteiger partial charge in [-0.1, -0.05) is 29.8 Å². The fraction of sp³-hybridized carbons (Fsp3) is 0.273. The van der Waals surface area contributed by atoms with Gasteiger partial charge < -0.3 is 5.73 Å². The van der Waals surface area contributed by atoms with Gasteiger partial charge in [-0.25, -0.2) is 0 Å². The second kappa shape index (κ2) is 3.95. The van der Waals surface area contributed by atoms with Gasteiger partial charge in [-0.2, -0.15) is 0 Å². The highest BCUT2D eigenvalue weighted by Crippen LogP contribution is 2.24. The molecule has 0 aliphatic carbocycles. The Kier molecular flexibility index (Phi) is 3.12. The van der Waals surface area contributed by atoms with Crippen LogP contribution in [0.2, 0.25) is 5.02 Å². The quantitative estimate of drug-likeness (QED) is 0.721. The van der Waals surface area contributed by atoms with E-state index in [2.05, 4.69) is 6.58 Å². The lowest BCUT2D eigenvalue weighted by molar-refractivity contribution is 0.842. The first kappa shape index (κ1) is 10.3. The van der Waals surface area contributed by atoms with Crippen molar-refractivity contribution in [2.45, 2.75) is 19.9 Å². The summed E-state index contributed by atoms with van der Waals surface area (Å²) in [4.78, 5) is 0. The van der Waals surface area contributed by atoms with Crippen molar-refractivity contribution >= 4 is 11.6 Å². The molecule has 1 aromatic rings. The highest BCUT2D eigenvalue weighted by molar-refractivity contribution is 6.30. The lowest BCUT2D eigenvalue weighted by Crippen LogP contribution is -2.12. The van der Waals surface area contributed by atoms with Crippen LogP contribution in [0, 0.1) is 6.92 Å². The van der Waals surface area contributed by atoms with E-state index in [1.165, 1.54) is 0 Å². The minimum atomic E-state index is -0.112. The van der Waals surface area contributed by atoms with Crippen molar-refractivity contribution < 1.29 is 0 Å². The van der Waals surface area contributed by atoms with E-state index >= 15 is 0 Å². The largest absolute Gasteiger partial charge is 0.321 e. The fourth-order valence-corrected chi connectivity index (χ4v) is 1.39. The fourth-order valence-electron chi connectivity index (χ4n) is 1.21. The van der Waals surface area contributed by atoms with Gasteiger partial charge in [-0.05, 0) is 37.1 Å². The van der Waals surface area contributed by atoms with E-state index in [-0.39, 0.29) is 6.04 Å². The van der Waals surface area contributed by atoms with Crippen LogP contribution in [0.4, 0.5) is 0 Å². The number of nitrogens with two attached hydrogens (primary N) is 1. The molecule has 0 heterocycles. The molecule has 0 aromatic heterocycles. The van der Waals surface area contributed by atoms with Gasteiger partial charge in [0.2, 0.25) is 0 Å². The molecule has 70 valence electrons. The van der Waals surface area contributed by atoms with Crippen molar-refractivity contribution in [1.82, 2.24) is 0 Å². The number of aryl methyl sites for hydroxylation is 1. The zero-order valence-electron chi connectivity index (χ0n) is 7.97. The molecule has 0 fully saturated rings. The van der Waals surface area contributed by atoms with E-state index in [1.54, 1.807) is 0 Å². The van der Waals surface area contributed by atoms with Gasteiger partial charge in [-0.3, -0.25) is 0 Å². The summed E-state index contributed by atoms with van der Waals surface area (Å²) in [5.74, 6) is 0. The summed E-state index contributed by atoms with van der Waals surface area (Å²) in [7, 11) is 0. The maximum absolute atomic E-state index is 5.95. The van der Waals surface area contributed by atoms with E-state index in [4.69, 9.17) is 17.3 Å². The molecule has 0 amide bonds. The molecule has 2 heteroatoms. The first-order valence-electron chi connectivity index (χ1n) is 4.19. The molecular weight excluding hydrogens is 182 g/mol. The predicted molar refractivity (Wildman–Crippen MR) is 57.9 cm³/mol. The average molecular weight is 196 g/mol. The van der Waals surface area contributed by atoms with E-state index < -0.39 is 0 Å². The average Bonchev–Trinajstić information content (AvgIpc) is 2.08. The second-order valence-corrected chi connectivity index (χ2v) is 3.76. The SMILES string of the molecule is C=C(C)C(N)c1cc(Cl)ccc1C. The van der Waals surface area contributed by atoms with Crippen LogP contribution in [-0.2, 0) is 0 Å². The first-order valence-corrected chi connectivity index (χ1v) is 4.57. The Morgan fingerprint density at radius 3 is 2.69 bits per heavy atom. The minimum absolute atomic E-state index is 0.112. The molecule has 1 rings (SSSR count). The van der Waals surface area contributed by atoms with E-state index in [0.29, 0.717) is 0 Å². The third-order valence-electron chi connectivity index (χ3n) is 2.11. The van der Waals surface area contributed by atoms with Crippen molar-refractivity contribution in [2.75, 3.05) is 0 Å². The van der Waals surface area contributed by atoms with Crippen LogP contribution in [0.1, 0.15) is 24.1 Å². The topological polar surface area (TPSA) is 26.0 Å². The van der Waals surface area contributed by atoms with Crippen LogP contribution in [0.3, 0.4) is 0 Å². The van der Waals surface area contributed by atoms with Crippen LogP contribution in [0.25, 0.3) is 0 Å². The molecule has 1 nitrogen and oxygen atoms in total. The number of rotatable bonds is 2. The summed E-state index contributed by atoms with van der Waals surface area (Å²) < 4.78 is 0. The van der Waals surface area contributed by atoms with Crippen LogP contribution in [0.5, 0.6) is 0 Å². The van der Waals surface area contributed by atoms with Gasteiger partial charge in [-0.15, -0.1) is 0 Å². The summed E-state index contributed by atoms with van der Waals surface area (Å²) in [6.07, 6.45) is 0. The van der Waals surface area contributed by atoms with Gasteiger partial charge in [0.15, 0.2) is 0 Å². The molecule has 0 saturated heterocycles. The maximum Gasteiger partial charge on any atom is 0.0508 e. The molecule has 1 unspecified atom stereocenters. The number of hydrogen-bond donors (Lipinski definition) is 1. The van der Waals surface area contributed by atoms with Crippen molar-refractivity contribution in [2.24, 2.45) is 5.73 Å². The molecule has 0 aliphatic rings. The molecule has 2 N–H and O–H groups in total. The van der Waals surface area contributed by atoms with Gasteiger partial charge in [0.05, 0.1) is 6.04 Å². The standard InChI is InChI=1S/C11H14ClN/c1-7(2)11(13)10-6-9(12)5-4-8(10)3/h4-6,11H,1,13H2,2-3H3. The third kappa shape index (κ3) is 2.33. The molecular formula is C11H14ClN. The van der Waals surface area contributed by atoms with Gasteiger partial charge >= 0.3 is 0 Å². The van der Waals surface area contributed by atoms with Crippen LogP contribution in [-0.4, -0.2) is 0 Å². The molecule has 0 bridgehead atoms. The maximum atomic E-state index is 5.95. The summed E-state index contributed by atoms with van der Waals surface area (Å²) in [5.41, 5.74) is 9.11. The van der Waals surface area contributed by atoms with Crippen molar-refractivity contribution in [3.8, 4) is 0 Å². The highest BCUT2D eigenvalue weighted by atomic mass is 35.5. The smallest absolute Gasteiger partial charge is 0.0508 e. The number of halogens is 1. The second-order valence-electron chi connectivity index (χ2n) is 3.32. The highest BCUT2D eigenvalue weighted by Gasteiger charge is 2.09. The summed E-state index contributed by atoms with van der Waals surface area (Å²) in [6.45, 7) is 7.78. The number of hydrogen-bond acceptors (Lipinski definition) is 1. The van der Waals surface area contributed by atoms with Crippen molar-refractivity contribution in [1.29, 1.82) is 0 Å². The molecule has 1 aromatic carbocycles. The Balaban J connectivity index is 3.12. The molecule has 0 aliphatic heterocycles. The molecule has 0 saturated carbocycles.